The molecule has 2 aromatic rings. The third kappa shape index (κ3) is 0.990. The van der Waals surface area contributed by atoms with Gasteiger partial charge in [0.1, 0.15) is 0 Å². The summed E-state index contributed by atoms with van der Waals surface area (Å²) in [5.74, 6) is 0.391. The number of hydrogen-bond acceptors (Lipinski definition) is 2. The zero-order chi connectivity index (χ0) is 8.72. The van der Waals surface area contributed by atoms with Gasteiger partial charge in [-0.3, -0.25) is 4.40 Å². The van der Waals surface area contributed by atoms with Crippen LogP contribution < -0.4 is 5.73 Å². The normalized spacial score (nSPS) is 10.8. The van der Waals surface area contributed by atoms with E-state index in [2.05, 4.69) is 20.9 Å². The van der Waals surface area contributed by atoms with E-state index in [0.717, 1.165) is 10.1 Å². The third-order valence-corrected chi connectivity index (χ3v) is 2.49. The maximum Gasteiger partial charge on any atom is 0.207 e. The van der Waals surface area contributed by atoms with Crippen LogP contribution >= 0.6 is 27.5 Å². The van der Waals surface area contributed by atoms with Gasteiger partial charge >= 0.3 is 0 Å². The van der Waals surface area contributed by atoms with Gasteiger partial charge in [0.05, 0.1) is 10.1 Å². The maximum atomic E-state index is 5.82. The molecule has 2 aromatic heterocycles. The highest BCUT2D eigenvalue weighted by atomic mass is 79.9. The molecule has 62 valence electrons. The van der Waals surface area contributed by atoms with E-state index in [1.807, 2.05) is 18.2 Å². The Labute approximate surface area is 82.3 Å². The molecule has 2 heterocycles. The second-order valence-corrected chi connectivity index (χ2v) is 3.50. The molecule has 0 radical (unpaired) electrons. The summed E-state index contributed by atoms with van der Waals surface area (Å²) in [6.07, 6.45) is 0. The second kappa shape index (κ2) is 2.64. The van der Waals surface area contributed by atoms with Crippen LogP contribution in [-0.2, 0) is 0 Å². The molecular formula is C7H5BrClN3. The molecule has 0 saturated carbocycles. The van der Waals surface area contributed by atoms with E-state index in [-0.39, 0.29) is 0 Å². The Morgan fingerprint density at radius 2 is 2.25 bits per heavy atom. The Hall–Kier alpha value is -0.740. The van der Waals surface area contributed by atoms with Crippen molar-refractivity contribution in [2.45, 2.75) is 0 Å². The van der Waals surface area contributed by atoms with Crippen LogP contribution in [0, 0.1) is 0 Å². The van der Waals surface area contributed by atoms with Gasteiger partial charge in [-0.25, -0.2) is 4.98 Å². The van der Waals surface area contributed by atoms with Gasteiger partial charge in [-0.1, -0.05) is 17.7 Å². The first-order chi connectivity index (χ1) is 5.70. The number of aromatic nitrogens is 2. The number of nitrogens with two attached hydrogens (primary N) is 1. The minimum Gasteiger partial charge on any atom is -0.369 e. The molecule has 0 aromatic carbocycles. The van der Waals surface area contributed by atoms with E-state index < -0.39 is 0 Å². The minimum absolute atomic E-state index is 0.391. The smallest absolute Gasteiger partial charge is 0.207 e. The minimum atomic E-state index is 0.391. The van der Waals surface area contributed by atoms with Crippen molar-refractivity contribution >= 4 is 39.0 Å². The number of nitrogen functional groups attached to an aromatic ring is 1. The van der Waals surface area contributed by atoms with Crippen LogP contribution in [0.1, 0.15) is 0 Å². The van der Waals surface area contributed by atoms with Gasteiger partial charge in [0.2, 0.25) is 5.95 Å². The molecule has 0 aliphatic carbocycles. The molecule has 0 aliphatic heterocycles. The van der Waals surface area contributed by atoms with Crippen molar-refractivity contribution in [2.24, 2.45) is 0 Å². The zero-order valence-electron chi connectivity index (χ0n) is 5.96. The fourth-order valence-electron chi connectivity index (χ4n) is 1.08. The number of nitrogens with zero attached hydrogens (tertiary/aromatic N) is 2. The summed E-state index contributed by atoms with van der Waals surface area (Å²) < 4.78 is 2.58. The highest BCUT2D eigenvalue weighted by Gasteiger charge is 2.07. The van der Waals surface area contributed by atoms with E-state index in [1.54, 1.807) is 4.40 Å². The number of pyridine rings is 1. The lowest BCUT2D eigenvalue weighted by atomic mass is 10.4. The predicted molar refractivity (Wildman–Crippen MR) is 52.3 cm³/mol. The first-order valence-corrected chi connectivity index (χ1v) is 4.45. The number of hydrogen-bond donors (Lipinski definition) is 1. The average Bonchev–Trinajstić information content (AvgIpc) is 2.29. The number of halogens is 2. The fraction of sp³-hybridized carbons (Fsp3) is 0. The summed E-state index contributed by atoms with van der Waals surface area (Å²) in [6.45, 7) is 0. The molecule has 2 N–H and O–H groups in total. The van der Waals surface area contributed by atoms with E-state index in [0.29, 0.717) is 11.1 Å². The fourth-order valence-corrected chi connectivity index (χ4v) is 1.84. The van der Waals surface area contributed by atoms with Crippen molar-refractivity contribution in [3.8, 4) is 0 Å². The number of imidazole rings is 1. The van der Waals surface area contributed by atoms with Crippen molar-refractivity contribution in [3.05, 3.63) is 28.0 Å². The Morgan fingerprint density at radius 3 is 2.92 bits per heavy atom. The van der Waals surface area contributed by atoms with Crippen LogP contribution in [-0.4, -0.2) is 9.38 Å². The molecular weight excluding hydrogens is 241 g/mol. The third-order valence-electron chi connectivity index (χ3n) is 1.60. The standard InChI is InChI=1S/C7H5BrClN3/c8-5-3-1-2-4-6(9)11-7(10)12(4)5/h1-3H,(H2,10,11). The van der Waals surface area contributed by atoms with Gasteiger partial charge in [-0.2, -0.15) is 0 Å². The van der Waals surface area contributed by atoms with Crippen LogP contribution in [0.25, 0.3) is 5.52 Å². The van der Waals surface area contributed by atoms with E-state index in [9.17, 15) is 0 Å². The molecule has 2 rings (SSSR count). The number of anilines is 1. The van der Waals surface area contributed by atoms with Crippen molar-refractivity contribution in [3.63, 3.8) is 0 Å². The molecule has 0 spiro atoms. The van der Waals surface area contributed by atoms with E-state index >= 15 is 0 Å². The van der Waals surface area contributed by atoms with Crippen molar-refractivity contribution in [2.75, 3.05) is 5.73 Å². The number of fused-ring (bicyclic) bond motifs is 1. The SMILES string of the molecule is Nc1nc(Cl)c2cccc(Br)n12. The summed E-state index contributed by atoms with van der Waals surface area (Å²) in [7, 11) is 0. The molecule has 0 fully saturated rings. The van der Waals surface area contributed by atoms with Crippen molar-refractivity contribution in [1.82, 2.24) is 9.38 Å². The van der Waals surface area contributed by atoms with Crippen molar-refractivity contribution < 1.29 is 0 Å². The lowest BCUT2D eigenvalue weighted by Crippen LogP contribution is -1.94. The van der Waals surface area contributed by atoms with Gasteiger partial charge in [0, 0.05) is 0 Å². The summed E-state index contributed by atoms with van der Waals surface area (Å²) in [4.78, 5) is 3.93. The van der Waals surface area contributed by atoms with Crippen LogP contribution in [0.15, 0.2) is 22.8 Å². The molecule has 0 bridgehead atoms. The molecule has 12 heavy (non-hydrogen) atoms. The first kappa shape index (κ1) is 7.89. The van der Waals surface area contributed by atoms with Gasteiger partial charge in [0.15, 0.2) is 5.15 Å². The molecule has 0 saturated heterocycles. The quantitative estimate of drug-likeness (QED) is 0.725. The average molecular weight is 246 g/mol. The zero-order valence-corrected chi connectivity index (χ0v) is 8.30. The van der Waals surface area contributed by atoms with Crippen LogP contribution in [0.2, 0.25) is 5.15 Å². The monoisotopic (exact) mass is 245 g/mol. The van der Waals surface area contributed by atoms with Crippen molar-refractivity contribution in [1.29, 1.82) is 0 Å². The van der Waals surface area contributed by atoms with Gasteiger partial charge in [-0.15, -0.1) is 0 Å². The lowest BCUT2D eigenvalue weighted by molar-refractivity contribution is 1.13. The first-order valence-electron chi connectivity index (χ1n) is 3.28. The second-order valence-electron chi connectivity index (χ2n) is 2.33. The summed E-state index contributed by atoms with van der Waals surface area (Å²) in [5.41, 5.74) is 6.42. The Bertz CT molecular complexity index is 437. The Balaban J connectivity index is 2.99. The summed E-state index contributed by atoms with van der Waals surface area (Å²) >= 11 is 9.16. The van der Waals surface area contributed by atoms with Crippen LogP contribution in [0.5, 0.6) is 0 Å². The van der Waals surface area contributed by atoms with Gasteiger partial charge in [0.25, 0.3) is 0 Å². The Kier molecular flexibility index (Phi) is 1.73. The maximum absolute atomic E-state index is 5.82. The summed E-state index contributed by atoms with van der Waals surface area (Å²) in [6, 6.07) is 5.62. The summed E-state index contributed by atoms with van der Waals surface area (Å²) in [5, 5.41) is 0.425. The predicted octanol–water partition coefficient (Wildman–Crippen LogP) is 2.33. The largest absolute Gasteiger partial charge is 0.369 e. The molecule has 5 heteroatoms. The topological polar surface area (TPSA) is 43.3 Å². The molecule has 3 nitrogen and oxygen atoms in total. The van der Waals surface area contributed by atoms with E-state index in [4.69, 9.17) is 17.3 Å². The highest BCUT2D eigenvalue weighted by Crippen LogP contribution is 2.23. The molecule has 0 atom stereocenters. The number of rotatable bonds is 0. The van der Waals surface area contributed by atoms with Crippen LogP contribution in [0.3, 0.4) is 0 Å². The molecule has 0 amide bonds. The van der Waals surface area contributed by atoms with Crippen LogP contribution in [0.4, 0.5) is 5.95 Å². The van der Waals surface area contributed by atoms with Gasteiger partial charge < -0.3 is 5.73 Å². The highest BCUT2D eigenvalue weighted by molar-refractivity contribution is 9.10. The Morgan fingerprint density at radius 1 is 1.50 bits per heavy atom. The van der Waals surface area contributed by atoms with Gasteiger partial charge in [-0.05, 0) is 28.1 Å². The molecule has 0 unspecified atom stereocenters. The van der Waals surface area contributed by atoms with E-state index in [1.165, 1.54) is 0 Å². The molecule has 0 aliphatic rings. The lowest BCUT2D eigenvalue weighted by Gasteiger charge is -1.97.